The van der Waals surface area contributed by atoms with E-state index < -0.39 is 5.17 Å². The van der Waals surface area contributed by atoms with Crippen LogP contribution in [-0.2, 0) is 11.3 Å². The molecule has 0 aliphatic heterocycles. The van der Waals surface area contributed by atoms with Gasteiger partial charge in [0.15, 0.2) is 0 Å². The van der Waals surface area contributed by atoms with E-state index in [0.29, 0.717) is 21.8 Å². The highest BCUT2D eigenvalue weighted by molar-refractivity contribution is 7.80. The van der Waals surface area contributed by atoms with Crippen LogP contribution in [0.1, 0.15) is 5.56 Å². The second-order valence-corrected chi connectivity index (χ2v) is 4.62. The van der Waals surface area contributed by atoms with Gasteiger partial charge in [0.05, 0.1) is 7.11 Å². The van der Waals surface area contributed by atoms with E-state index in [9.17, 15) is 0 Å². The zero-order chi connectivity index (χ0) is 14.1. The van der Waals surface area contributed by atoms with E-state index in [1.54, 1.807) is 6.07 Å². The second kappa shape index (κ2) is 9.16. The summed E-state index contributed by atoms with van der Waals surface area (Å²) in [7, 11) is 1.51. The first kappa shape index (κ1) is 17.2. The monoisotopic (exact) mass is 326 g/mol. The molecule has 0 amide bonds. The Morgan fingerprint density at radius 2 is 1.78 bits per heavy atom. The van der Waals surface area contributed by atoms with Crippen LogP contribution in [0.3, 0.4) is 0 Å². The average molecular weight is 327 g/mol. The number of halogens is 2. The van der Waals surface area contributed by atoms with Crippen LogP contribution in [0, 0.1) is 0 Å². The first-order chi connectivity index (χ1) is 8.35. The molecule has 0 fully saturated rings. The molecule has 4 N–H and O–H groups in total. The van der Waals surface area contributed by atoms with Crippen molar-refractivity contribution in [3.63, 3.8) is 0 Å². The van der Waals surface area contributed by atoms with Crippen molar-refractivity contribution in [1.29, 1.82) is 0 Å². The number of hydrogen-bond acceptors (Lipinski definition) is 3. The topological polar surface area (TPSA) is 67.5 Å². The van der Waals surface area contributed by atoms with Crippen molar-refractivity contribution in [2.45, 2.75) is 6.54 Å². The van der Waals surface area contributed by atoms with Gasteiger partial charge >= 0.3 is 0 Å². The molecule has 1 aromatic carbocycles. The van der Waals surface area contributed by atoms with Crippen molar-refractivity contribution in [3.05, 3.63) is 33.8 Å². The Morgan fingerprint density at radius 1 is 1.33 bits per heavy atom. The molecule has 0 spiro atoms. The van der Waals surface area contributed by atoms with E-state index in [4.69, 9.17) is 45.3 Å². The summed E-state index contributed by atoms with van der Waals surface area (Å²) in [5, 5.41) is 11.5. The van der Waals surface area contributed by atoms with E-state index in [2.05, 4.69) is 23.3 Å². The van der Waals surface area contributed by atoms with Crippen LogP contribution < -0.4 is 11.1 Å². The molecule has 0 aliphatic rings. The Kier molecular flexibility index (Phi) is 8.74. The Hall–Kier alpha value is -0.820. The lowest BCUT2D eigenvalue weighted by Gasteiger charge is -2.06. The lowest BCUT2D eigenvalue weighted by atomic mass is 10.2. The highest BCUT2D eigenvalue weighted by Gasteiger charge is 1.99. The summed E-state index contributed by atoms with van der Waals surface area (Å²) >= 11 is 20.3. The van der Waals surface area contributed by atoms with Crippen LogP contribution >= 0.6 is 47.6 Å². The number of benzene rings is 1. The lowest BCUT2D eigenvalue weighted by Crippen LogP contribution is -2.21. The summed E-state index contributed by atoms with van der Waals surface area (Å²) in [6, 6.07) is 5.32. The Balaban J connectivity index is 0.000000631. The van der Waals surface area contributed by atoms with Crippen LogP contribution in [0.5, 0.6) is 0 Å². The normalized spacial score (nSPS) is 8.83. The third-order valence-electron chi connectivity index (χ3n) is 1.54. The predicted octanol–water partition coefficient (Wildman–Crippen LogP) is 2.80. The molecule has 4 nitrogen and oxygen atoms in total. The minimum Gasteiger partial charge on any atom is -0.487 e. The van der Waals surface area contributed by atoms with Gasteiger partial charge in [-0.1, -0.05) is 23.2 Å². The molecule has 18 heavy (non-hydrogen) atoms. The molecular formula is C10H12Cl2N2O2S2. The van der Waals surface area contributed by atoms with Crippen molar-refractivity contribution in [2.75, 3.05) is 7.11 Å². The summed E-state index contributed by atoms with van der Waals surface area (Å²) in [6.07, 6.45) is 0. The fourth-order valence-corrected chi connectivity index (χ4v) is 1.60. The molecule has 0 aliphatic carbocycles. The molecular weight excluding hydrogens is 315 g/mol. The number of aliphatic hydroxyl groups is 1. The van der Waals surface area contributed by atoms with Crippen LogP contribution in [-0.4, -0.2) is 22.6 Å². The lowest BCUT2D eigenvalue weighted by molar-refractivity contribution is 0.392. The van der Waals surface area contributed by atoms with E-state index in [1.165, 1.54) is 7.11 Å². The highest BCUT2D eigenvalue weighted by Crippen LogP contribution is 2.18. The quantitative estimate of drug-likeness (QED) is 0.726. The number of rotatable bonds is 2. The number of nitrogens with two attached hydrogens (primary N) is 1. The summed E-state index contributed by atoms with van der Waals surface area (Å²) < 4.78 is 4.79. The first-order valence-electron chi connectivity index (χ1n) is 4.60. The van der Waals surface area contributed by atoms with Crippen LogP contribution in [0.15, 0.2) is 18.2 Å². The van der Waals surface area contributed by atoms with Gasteiger partial charge in [-0.25, -0.2) is 0 Å². The Labute approximate surface area is 126 Å². The van der Waals surface area contributed by atoms with Gasteiger partial charge in [0.25, 0.3) is 10.3 Å². The van der Waals surface area contributed by atoms with Crippen molar-refractivity contribution in [2.24, 2.45) is 5.73 Å². The molecule has 0 radical (unpaired) electrons. The first-order valence-corrected chi connectivity index (χ1v) is 6.17. The standard InChI is InChI=1S/C9H9Cl2NOS.CH3NOS/c1-13-9(14)12-5-6-2-7(10)4-8(11)3-6;2-1(3)4/h2-4H,5H2,1H3,(H,12,14);(H3,2,3,4). The smallest absolute Gasteiger partial charge is 0.256 e. The summed E-state index contributed by atoms with van der Waals surface area (Å²) in [5.74, 6) is 0. The van der Waals surface area contributed by atoms with Crippen LogP contribution in [0.25, 0.3) is 0 Å². The zero-order valence-corrected chi connectivity index (χ0v) is 12.6. The molecule has 0 saturated carbocycles. The maximum atomic E-state index is 7.56. The van der Waals surface area contributed by atoms with Crippen molar-refractivity contribution in [3.8, 4) is 0 Å². The van der Waals surface area contributed by atoms with Crippen molar-refractivity contribution >= 4 is 58.0 Å². The van der Waals surface area contributed by atoms with Crippen LogP contribution in [0.4, 0.5) is 0 Å². The van der Waals surface area contributed by atoms with Gasteiger partial charge in [0.1, 0.15) is 0 Å². The number of methoxy groups -OCH3 is 1. The summed E-state index contributed by atoms with van der Waals surface area (Å²) in [5.41, 5.74) is 5.36. The molecule has 0 atom stereocenters. The van der Waals surface area contributed by atoms with Gasteiger partial charge in [-0.05, 0) is 48.2 Å². The Bertz CT molecular complexity index is 406. The van der Waals surface area contributed by atoms with Gasteiger partial charge in [0.2, 0.25) is 0 Å². The fraction of sp³-hybridized carbons (Fsp3) is 0.200. The zero-order valence-electron chi connectivity index (χ0n) is 9.44. The number of nitrogens with one attached hydrogen (secondary N) is 1. The third-order valence-corrected chi connectivity index (χ3v) is 2.29. The molecule has 0 unspecified atom stereocenters. The molecule has 1 aromatic rings. The van der Waals surface area contributed by atoms with E-state index in [0.717, 1.165) is 5.56 Å². The van der Waals surface area contributed by atoms with Crippen molar-refractivity contribution < 1.29 is 9.84 Å². The largest absolute Gasteiger partial charge is 0.487 e. The van der Waals surface area contributed by atoms with E-state index in [-0.39, 0.29) is 0 Å². The summed E-state index contributed by atoms with van der Waals surface area (Å²) in [6.45, 7) is 0.549. The van der Waals surface area contributed by atoms with E-state index >= 15 is 0 Å². The van der Waals surface area contributed by atoms with Gasteiger partial charge in [-0.3, -0.25) is 0 Å². The minimum absolute atomic E-state index is 0.348. The summed E-state index contributed by atoms with van der Waals surface area (Å²) in [4.78, 5) is 0. The molecule has 0 saturated heterocycles. The number of thiocarbonyl (C=S) groups is 2. The Morgan fingerprint density at radius 3 is 2.17 bits per heavy atom. The van der Waals surface area contributed by atoms with Crippen LogP contribution in [0.2, 0.25) is 10.0 Å². The molecule has 0 bridgehead atoms. The maximum Gasteiger partial charge on any atom is 0.256 e. The predicted molar refractivity (Wildman–Crippen MR) is 82.3 cm³/mol. The highest BCUT2D eigenvalue weighted by atomic mass is 35.5. The number of aliphatic hydroxyl groups excluding tert-OH is 1. The number of ether oxygens (including phenoxy) is 1. The average Bonchev–Trinajstić information content (AvgIpc) is 2.23. The second-order valence-electron chi connectivity index (χ2n) is 2.96. The molecule has 1 rings (SSSR count). The fourth-order valence-electron chi connectivity index (χ4n) is 0.959. The molecule has 0 aromatic heterocycles. The maximum absolute atomic E-state index is 7.56. The third kappa shape index (κ3) is 9.23. The van der Waals surface area contributed by atoms with Crippen molar-refractivity contribution in [1.82, 2.24) is 5.32 Å². The molecule has 100 valence electrons. The van der Waals surface area contributed by atoms with Gasteiger partial charge < -0.3 is 20.9 Å². The SMILES string of the molecule is COC(=S)NCc1cc(Cl)cc(Cl)c1.NC(O)=S. The minimum atomic E-state index is -0.500. The molecule has 8 heteroatoms. The molecule has 0 heterocycles. The van der Waals surface area contributed by atoms with E-state index in [1.807, 2.05) is 12.1 Å². The van der Waals surface area contributed by atoms with Gasteiger partial charge in [0, 0.05) is 16.6 Å². The number of hydrogen-bond donors (Lipinski definition) is 3. The van der Waals surface area contributed by atoms with Gasteiger partial charge in [-0.15, -0.1) is 0 Å². The van der Waals surface area contributed by atoms with Gasteiger partial charge in [-0.2, -0.15) is 0 Å².